The molecule has 0 saturated heterocycles. The summed E-state index contributed by atoms with van der Waals surface area (Å²) < 4.78 is 6.91. The van der Waals surface area contributed by atoms with Crippen LogP contribution in [0.1, 0.15) is 27.7 Å². The summed E-state index contributed by atoms with van der Waals surface area (Å²) in [4.78, 5) is 32.9. The van der Waals surface area contributed by atoms with Gasteiger partial charge in [-0.2, -0.15) is 5.10 Å². The Kier molecular flexibility index (Phi) is 6.34. The van der Waals surface area contributed by atoms with E-state index < -0.39 is 6.04 Å². The summed E-state index contributed by atoms with van der Waals surface area (Å²) in [6, 6.07) is 27.2. The molecule has 0 fully saturated rings. The Balaban J connectivity index is 1.37. The number of amides is 1. The Morgan fingerprint density at radius 2 is 1.71 bits per heavy atom. The predicted molar refractivity (Wildman–Crippen MR) is 132 cm³/mol. The molecule has 1 amide bonds. The Morgan fingerprint density at radius 1 is 0.943 bits per heavy atom. The number of ether oxygens (including phenoxy) is 1. The van der Waals surface area contributed by atoms with Crippen molar-refractivity contribution in [3.8, 4) is 5.75 Å². The number of rotatable bonds is 8. The zero-order valence-corrected chi connectivity index (χ0v) is 18.8. The summed E-state index contributed by atoms with van der Waals surface area (Å²) in [5.74, 6) is 0.315. The second-order valence-electron chi connectivity index (χ2n) is 7.94. The summed E-state index contributed by atoms with van der Waals surface area (Å²) in [7, 11) is 0. The monoisotopic (exact) mass is 465 g/mol. The smallest absolute Gasteiger partial charge is 0.272 e. The van der Waals surface area contributed by atoms with Gasteiger partial charge in [0.2, 0.25) is 0 Å². The third kappa shape index (κ3) is 5.11. The van der Waals surface area contributed by atoms with Crippen LogP contribution in [0.4, 0.5) is 0 Å². The van der Waals surface area contributed by atoms with Crippen molar-refractivity contribution in [1.82, 2.24) is 25.1 Å². The maximum absolute atomic E-state index is 13.2. The van der Waals surface area contributed by atoms with Crippen LogP contribution in [-0.4, -0.2) is 32.3 Å². The third-order valence-corrected chi connectivity index (χ3v) is 5.60. The van der Waals surface area contributed by atoms with E-state index in [1.807, 2.05) is 78.9 Å². The van der Waals surface area contributed by atoms with Crippen molar-refractivity contribution in [2.24, 2.45) is 0 Å². The van der Waals surface area contributed by atoms with Gasteiger partial charge in [-0.05, 0) is 41.5 Å². The molecule has 174 valence electrons. The van der Waals surface area contributed by atoms with E-state index in [0.29, 0.717) is 5.75 Å². The van der Waals surface area contributed by atoms with Crippen molar-refractivity contribution >= 4 is 16.9 Å². The molecule has 1 atom stereocenters. The lowest BCUT2D eigenvalue weighted by molar-refractivity contribution is 0.0935. The van der Waals surface area contributed by atoms with Crippen LogP contribution >= 0.6 is 0 Å². The minimum absolute atomic E-state index is 0.146. The molecule has 0 radical (unpaired) electrons. The molecule has 0 saturated carbocycles. The van der Waals surface area contributed by atoms with E-state index in [4.69, 9.17) is 4.74 Å². The molecule has 1 unspecified atom stereocenters. The first-order valence-corrected chi connectivity index (χ1v) is 11.2. The Morgan fingerprint density at radius 3 is 2.51 bits per heavy atom. The molecule has 5 aromatic rings. The molecule has 35 heavy (non-hydrogen) atoms. The maximum Gasteiger partial charge on any atom is 0.272 e. The van der Waals surface area contributed by atoms with Gasteiger partial charge in [0.1, 0.15) is 18.1 Å². The van der Waals surface area contributed by atoms with Crippen molar-refractivity contribution in [1.29, 1.82) is 0 Å². The quantitative estimate of drug-likeness (QED) is 0.364. The molecular weight excluding hydrogens is 442 g/mol. The first-order chi connectivity index (χ1) is 17.2. The van der Waals surface area contributed by atoms with E-state index in [2.05, 4.69) is 20.4 Å². The summed E-state index contributed by atoms with van der Waals surface area (Å²) in [5, 5.41) is 7.35. The number of aromatic nitrogens is 4. The Labute approximate surface area is 201 Å². The molecule has 2 heterocycles. The summed E-state index contributed by atoms with van der Waals surface area (Å²) in [5.41, 5.74) is 3.38. The SMILES string of the molecule is O=C(NC(c1ccccc1)c1ccc2nc[nH]c2c1)c1ccc(=O)n(CCOc2ccccc2)n1. The number of para-hydroxylation sites is 1. The van der Waals surface area contributed by atoms with Gasteiger partial charge in [0.15, 0.2) is 0 Å². The Hall–Kier alpha value is -4.72. The molecule has 2 aromatic heterocycles. The van der Waals surface area contributed by atoms with E-state index in [-0.39, 0.29) is 30.3 Å². The lowest BCUT2D eigenvalue weighted by atomic mass is 9.98. The lowest BCUT2D eigenvalue weighted by Gasteiger charge is -2.20. The fourth-order valence-electron chi connectivity index (χ4n) is 3.84. The fraction of sp³-hybridized carbons (Fsp3) is 0.111. The largest absolute Gasteiger partial charge is 0.492 e. The van der Waals surface area contributed by atoms with Crippen LogP contribution in [0.25, 0.3) is 11.0 Å². The van der Waals surface area contributed by atoms with Crippen LogP contribution in [0, 0.1) is 0 Å². The fourth-order valence-corrected chi connectivity index (χ4v) is 3.84. The summed E-state index contributed by atoms with van der Waals surface area (Å²) >= 11 is 0. The van der Waals surface area contributed by atoms with Crippen molar-refractivity contribution in [2.45, 2.75) is 12.6 Å². The van der Waals surface area contributed by atoms with Crippen LogP contribution < -0.4 is 15.6 Å². The van der Waals surface area contributed by atoms with Crippen molar-refractivity contribution < 1.29 is 9.53 Å². The summed E-state index contributed by atoms with van der Waals surface area (Å²) in [6.07, 6.45) is 1.64. The number of fused-ring (bicyclic) bond motifs is 1. The normalized spacial score (nSPS) is 11.8. The van der Waals surface area contributed by atoms with Gasteiger partial charge in [0.25, 0.3) is 11.5 Å². The number of nitrogens with zero attached hydrogens (tertiary/aromatic N) is 3. The first-order valence-electron chi connectivity index (χ1n) is 11.2. The van der Waals surface area contributed by atoms with Gasteiger partial charge in [-0.3, -0.25) is 9.59 Å². The standard InChI is InChI=1S/C27H23N5O3/c33-25-14-13-23(31-32(25)15-16-35-21-9-5-2-6-10-21)27(34)30-26(19-7-3-1-4-8-19)20-11-12-22-24(17-20)29-18-28-22/h1-14,17-18,26H,15-16H2,(H,28,29)(H,30,34). The van der Waals surface area contributed by atoms with Gasteiger partial charge in [0.05, 0.1) is 29.9 Å². The number of hydrogen-bond acceptors (Lipinski definition) is 5. The summed E-state index contributed by atoms with van der Waals surface area (Å²) in [6.45, 7) is 0.465. The predicted octanol–water partition coefficient (Wildman–Crippen LogP) is 3.72. The minimum atomic E-state index is -0.417. The molecule has 0 aliphatic carbocycles. The molecule has 8 heteroatoms. The van der Waals surface area contributed by atoms with Gasteiger partial charge < -0.3 is 15.0 Å². The second-order valence-corrected chi connectivity index (χ2v) is 7.94. The van der Waals surface area contributed by atoms with Crippen LogP contribution in [0.3, 0.4) is 0 Å². The number of carbonyl (C=O) groups excluding carboxylic acids is 1. The number of H-pyrrole nitrogens is 1. The third-order valence-electron chi connectivity index (χ3n) is 5.60. The van der Waals surface area contributed by atoms with Crippen molar-refractivity contribution in [3.63, 3.8) is 0 Å². The van der Waals surface area contributed by atoms with Gasteiger partial charge in [-0.15, -0.1) is 0 Å². The molecule has 0 aliphatic rings. The lowest BCUT2D eigenvalue weighted by Crippen LogP contribution is -2.33. The van der Waals surface area contributed by atoms with E-state index in [0.717, 1.165) is 22.2 Å². The first kappa shape index (κ1) is 22.1. The van der Waals surface area contributed by atoms with Crippen LogP contribution in [0.15, 0.2) is 102 Å². The highest BCUT2D eigenvalue weighted by Crippen LogP contribution is 2.25. The number of aromatic amines is 1. The zero-order chi connectivity index (χ0) is 24.0. The van der Waals surface area contributed by atoms with Gasteiger partial charge in [-0.1, -0.05) is 54.6 Å². The molecular formula is C27H23N5O3. The molecule has 0 bridgehead atoms. The number of imidazole rings is 1. The van der Waals surface area contributed by atoms with Crippen LogP contribution in [0.5, 0.6) is 5.75 Å². The zero-order valence-electron chi connectivity index (χ0n) is 18.8. The highest BCUT2D eigenvalue weighted by Gasteiger charge is 2.20. The van der Waals surface area contributed by atoms with Crippen molar-refractivity contribution in [2.75, 3.05) is 6.61 Å². The van der Waals surface area contributed by atoms with Crippen LogP contribution in [-0.2, 0) is 6.54 Å². The second kappa shape index (κ2) is 10.0. The number of benzene rings is 3. The molecule has 0 aliphatic heterocycles. The molecule has 3 aromatic carbocycles. The molecule has 0 spiro atoms. The average Bonchev–Trinajstić information content (AvgIpc) is 3.37. The van der Waals surface area contributed by atoms with E-state index in [1.165, 1.54) is 16.8 Å². The van der Waals surface area contributed by atoms with Gasteiger partial charge in [-0.25, -0.2) is 9.67 Å². The van der Waals surface area contributed by atoms with Crippen molar-refractivity contribution in [3.05, 3.63) is 124 Å². The number of nitrogens with one attached hydrogen (secondary N) is 2. The molecule has 5 rings (SSSR count). The highest BCUT2D eigenvalue weighted by atomic mass is 16.5. The van der Waals surface area contributed by atoms with E-state index in [9.17, 15) is 9.59 Å². The van der Waals surface area contributed by atoms with Crippen LogP contribution in [0.2, 0.25) is 0 Å². The topological polar surface area (TPSA) is 102 Å². The minimum Gasteiger partial charge on any atom is -0.492 e. The van der Waals surface area contributed by atoms with Gasteiger partial charge in [0, 0.05) is 6.07 Å². The molecule has 8 nitrogen and oxygen atoms in total. The number of carbonyl (C=O) groups is 1. The van der Waals surface area contributed by atoms with E-state index >= 15 is 0 Å². The number of hydrogen-bond donors (Lipinski definition) is 2. The van der Waals surface area contributed by atoms with E-state index in [1.54, 1.807) is 6.33 Å². The maximum atomic E-state index is 13.2. The average molecular weight is 466 g/mol. The Bertz CT molecular complexity index is 1500. The molecule has 2 N–H and O–H groups in total. The van der Waals surface area contributed by atoms with Gasteiger partial charge >= 0.3 is 0 Å². The highest BCUT2D eigenvalue weighted by molar-refractivity contribution is 5.92.